The number of alkyl halides is 3. The maximum Gasteiger partial charge on any atom is 0.573 e. The lowest BCUT2D eigenvalue weighted by atomic mass is 9.73. The summed E-state index contributed by atoms with van der Waals surface area (Å²) in [4.78, 5) is 0. The van der Waals surface area contributed by atoms with E-state index in [-0.39, 0.29) is 5.75 Å². The predicted molar refractivity (Wildman–Crippen MR) is 91.1 cm³/mol. The fourth-order valence-corrected chi connectivity index (χ4v) is 3.80. The molecule has 1 saturated carbocycles. The first-order valence-electron chi connectivity index (χ1n) is 9.10. The first-order chi connectivity index (χ1) is 11.2. The molecule has 2 rings (SSSR count). The molecule has 0 amide bonds. The molecule has 0 heterocycles. The van der Waals surface area contributed by atoms with Gasteiger partial charge in [-0.05, 0) is 67.1 Å². The molecule has 1 fully saturated rings. The predicted octanol–water partition coefficient (Wildman–Crippen LogP) is 6.93. The third kappa shape index (κ3) is 6.03. The van der Waals surface area contributed by atoms with Crippen molar-refractivity contribution >= 4 is 0 Å². The summed E-state index contributed by atoms with van der Waals surface area (Å²) >= 11 is 0. The van der Waals surface area contributed by atoms with E-state index in [1.165, 1.54) is 37.8 Å². The van der Waals surface area contributed by atoms with Crippen LogP contribution in [0.5, 0.6) is 5.75 Å². The molecule has 0 spiro atoms. The highest BCUT2D eigenvalue weighted by Crippen LogP contribution is 2.40. The van der Waals surface area contributed by atoms with Crippen LogP contribution in [0.2, 0.25) is 0 Å². The van der Waals surface area contributed by atoms with E-state index in [1.54, 1.807) is 12.1 Å². The number of rotatable bonds is 6. The highest BCUT2D eigenvalue weighted by atomic mass is 19.4. The van der Waals surface area contributed by atoms with Crippen LogP contribution in [0.1, 0.15) is 70.8 Å². The quantitative estimate of drug-likeness (QED) is 0.544. The molecule has 1 nitrogen and oxygen atoms in total. The zero-order valence-electron chi connectivity index (χ0n) is 14.9. The average molecular weight is 342 g/mol. The second kappa shape index (κ2) is 8.26. The van der Waals surface area contributed by atoms with Gasteiger partial charge in [-0.1, -0.05) is 45.7 Å². The number of benzene rings is 1. The number of hydrogen-bond donors (Lipinski definition) is 0. The van der Waals surface area contributed by atoms with E-state index in [1.807, 2.05) is 0 Å². The molecule has 1 atom stereocenters. The van der Waals surface area contributed by atoms with Crippen LogP contribution in [-0.4, -0.2) is 6.36 Å². The van der Waals surface area contributed by atoms with Gasteiger partial charge in [-0.3, -0.25) is 0 Å². The van der Waals surface area contributed by atoms with Gasteiger partial charge in [0.1, 0.15) is 5.75 Å². The van der Waals surface area contributed by atoms with Crippen molar-refractivity contribution in [1.82, 2.24) is 0 Å². The minimum absolute atomic E-state index is 0.137. The van der Waals surface area contributed by atoms with E-state index in [9.17, 15) is 13.2 Å². The third-order valence-electron chi connectivity index (χ3n) is 5.36. The molecule has 0 aliphatic heterocycles. The van der Waals surface area contributed by atoms with Crippen LogP contribution in [-0.2, 0) is 0 Å². The lowest BCUT2D eigenvalue weighted by Gasteiger charge is -2.33. The van der Waals surface area contributed by atoms with Crippen LogP contribution in [0.4, 0.5) is 13.2 Å². The lowest BCUT2D eigenvalue weighted by Crippen LogP contribution is -2.20. The molecule has 1 aromatic rings. The van der Waals surface area contributed by atoms with E-state index < -0.39 is 6.36 Å². The van der Waals surface area contributed by atoms with Crippen molar-refractivity contribution in [2.45, 2.75) is 71.6 Å². The van der Waals surface area contributed by atoms with Gasteiger partial charge in [-0.25, -0.2) is 0 Å². The topological polar surface area (TPSA) is 9.23 Å². The zero-order valence-corrected chi connectivity index (χ0v) is 14.9. The third-order valence-corrected chi connectivity index (χ3v) is 5.36. The van der Waals surface area contributed by atoms with E-state index in [0.29, 0.717) is 5.92 Å². The Kier molecular flexibility index (Phi) is 6.59. The summed E-state index contributed by atoms with van der Waals surface area (Å²) in [5.41, 5.74) is 1.14. The van der Waals surface area contributed by atoms with Crippen LogP contribution in [0.3, 0.4) is 0 Å². The highest BCUT2D eigenvalue weighted by molar-refractivity contribution is 5.29. The van der Waals surface area contributed by atoms with Crippen LogP contribution < -0.4 is 4.74 Å². The van der Waals surface area contributed by atoms with Gasteiger partial charge >= 0.3 is 6.36 Å². The molecule has 1 aliphatic rings. The molecule has 1 unspecified atom stereocenters. The minimum atomic E-state index is -4.62. The molecule has 0 N–H and O–H groups in total. The smallest absolute Gasteiger partial charge is 0.406 e. The van der Waals surface area contributed by atoms with Gasteiger partial charge in [-0.2, -0.15) is 0 Å². The van der Waals surface area contributed by atoms with Crippen molar-refractivity contribution in [3.8, 4) is 5.75 Å². The Bertz CT molecular complexity index is 485. The van der Waals surface area contributed by atoms with Crippen molar-refractivity contribution in [2.24, 2.45) is 17.8 Å². The Balaban J connectivity index is 1.83. The van der Waals surface area contributed by atoms with Crippen LogP contribution in [0.25, 0.3) is 0 Å². The van der Waals surface area contributed by atoms with Crippen molar-refractivity contribution in [3.63, 3.8) is 0 Å². The zero-order chi connectivity index (χ0) is 17.7. The summed E-state index contributed by atoms with van der Waals surface area (Å²) in [6, 6.07) is 6.43. The van der Waals surface area contributed by atoms with Gasteiger partial charge in [0.05, 0.1) is 0 Å². The van der Waals surface area contributed by atoms with Crippen molar-refractivity contribution in [3.05, 3.63) is 29.8 Å². The maximum atomic E-state index is 12.2. The molecule has 0 radical (unpaired) electrons. The fraction of sp³-hybridized carbons (Fsp3) is 0.700. The standard InChI is InChI=1S/C20H29F3O/c1-14(2)4-5-15(3)16-6-8-17(9-7-16)18-10-12-19(13-11-18)24-20(21,22)23/h10-17H,4-9H2,1-3H3. The molecule has 24 heavy (non-hydrogen) atoms. The summed E-state index contributed by atoms with van der Waals surface area (Å²) in [6.07, 6.45) is 2.70. The molecule has 4 heteroatoms. The van der Waals surface area contributed by atoms with Crippen molar-refractivity contribution < 1.29 is 17.9 Å². The monoisotopic (exact) mass is 342 g/mol. The van der Waals surface area contributed by atoms with Gasteiger partial charge in [0.15, 0.2) is 0 Å². The summed E-state index contributed by atoms with van der Waals surface area (Å²) in [7, 11) is 0. The Morgan fingerprint density at radius 3 is 2.04 bits per heavy atom. The van der Waals surface area contributed by atoms with Gasteiger partial charge < -0.3 is 4.74 Å². The Morgan fingerprint density at radius 1 is 0.958 bits per heavy atom. The molecule has 0 aromatic heterocycles. The molecular weight excluding hydrogens is 313 g/mol. The normalized spacial score (nSPS) is 23.3. The number of halogens is 3. The van der Waals surface area contributed by atoms with Gasteiger partial charge in [0.2, 0.25) is 0 Å². The second-order valence-electron chi connectivity index (χ2n) is 7.68. The van der Waals surface area contributed by atoms with E-state index in [2.05, 4.69) is 25.5 Å². The van der Waals surface area contributed by atoms with E-state index in [0.717, 1.165) is 36.2 Å². The van der Waals surface area contributed by atoms with Crippen LogP contribution >= 0.6 is 0 Å². The summed E-state index contributed by atoms with van der Waals surface area (Å²) in [5.74, 6) is 2.67. The van der Waals surface area contributed by atoms with E-state index >= 15 is 0 Å². The summed E-state index contributed by atoms with van der Waals surface area (Å²) in [5, 5.41) is 0. The van der Waals surface area contributed by atoms with Gasteiger partial charge in [0, 0.05) is 0 Å². The van der Waals surface area contributed by atoms with Gasteiger partial charge in [-0.15, -0.1) is 13.2 Å². The van der Waals surface area contributed by atoms with Gasteiger partial charge in [0.25, 0.3) is 0 Å². The second-order valence-corrected chi connectivity index (χ2v) is 7.68. The van der Waals surface area contributed by atoms with Crippen LogP contribution in [0, 0.1) is 17.8 Å². The average Bonchev–Trinajstić information content (AvgIpc) is 2.52. The molecular formula is C20H29F3O. The first-order valence-corrected chi connectivity index (χ1v) is 9.10. The number of hydrogen-bond acceptors (Lipinski definition) is 1. The highest BCUT2D eigenvalue weighted by Gasteiger charge is 2.31. The molecule has 136 valence electrons. The van der Waals surface area contributed by atoms with E-state index in [4.69, 9.17) is 0 Å². The fourth-order valence-electron chi connectivity index (χ4n) is 3.80. The Hall–Kier alpha value is -1.19. The summed E-state index contributed by atoms with van der Waals surface area (Å²) in [6.45, 7) is 6.92. The molecule has 0 bridgehead atoms. The molecule has 0 saturated heterocycles. The largest absolute Gasteiger partial charge is 0.573 e. The molecule has 1 aliphatic carbocycles. The van der Waals surface area contributed by atoms with Crippen molar-refractivity contribution in [2.75, 3.05) is 0 Å². The minimum Gasteiger partial charge on any atom is -0.406 e. The molecule has 1 aromatic carbocycles. The van der Waals surface area contributed by atoms with Crippen molar-refractivity contribution in [1.29, 1.82) is 0 Å². The number of ether oxygens (including phenoxy) is 1. The Labute approximate surface area is 143 Å². The van der Waals surface area contributed by atoms with Crippen LogP contribution in [0.15, 0.2) is 24.3 Å². The SMILES string of the molecule is CC(C)CCC(C)C1CCC(c2ccc(OC(F)(F)F)cc2)CC1. The summed E-state index contributed by atoms with van der Waals surface area (Å²) < 4.78 is 40.6. The lowest BCUT2D eigenvalue weighted by molar-refractivity contribution is -0.274. The Morgan fingerprint density at radius 2 is 1.54 bits per heavy atom. The maximum absolute atomic E-state index is 12.2. The first kappa shape index (κ1) is 19.1.